The Labute approximate surface area is 173 Å². The summed E-state index contributed by atoms with van der Waals surface area (Å²) in [7, 11) is 0. The molecule has 2 amide bonds. The number of amides is 2. The first kappa shape index (κ1) is 19.6. The van der Waals surface area contributed by atoms with Crippen LogP contribution in [0.25, 0.3) is 0 Å². The van der Waals surface area contributed by atoms with E-state index >= 15 is 0 Å². The molecule has 29 heavy (non-hydrogen) atoms. The second kappa shape index (κ2) is 7.63. The van der Waals surface area contributed by atoms with Gasteiger partial charge in [-0.15, -0.1) is 11.3 Å². The van der Waals surface area contributed by atoms with Crippen molar-refractivity contribution in [3.8, 4) is 0 Å². The summed E-state index contributed by atoms with van der Waals surface area (Å²) in [5, 5.41) is 3.38. The van der Waals surface area contributed by atoms with Crippen LogP contribution in [0.2, 0.25) is 0 Å². The molecule has 1 aliphatic heterocycles. The van der Waals surface area contributed by atoms with E-state index < -0.39 is 12.1 Å². The number of carbonyl (C=O) groups is 3. The van der Waals surface area contributed by atoms with Crippen molar-refractivity contribution in [1.82, 2.24) is 0 Å². The molecular formula is C22H24N2O4S. The maximum absolute atomic E-state index is 12.9. The molecule has 0 saturated heterocycles. The first-order chi connectivity index (χ1) is 13.9. The zero-order chi connectivity index (χ0) is 20.7. The predicted octanol–water partition coefficient (Wildman–Crippen LogP) is 3.85. The number of hydrogen-bond acceptors (Lipinski definition) is 5. The molecule has 1 aliphatic carbocycles. The number of rotatable bonds is 5. The van der Waals surface area contributed by atoms with E-state index in [4.69, 9.17) is 4.74 Å². The largest absolute Gasteiger partial charge is 0.449 e. The molecule has 1 N–H and O–H groups in total. The molecule has 2 aliphatic rings. The predicted molar refractivity (Wildman–Crippen MR) is 113 cm³/mol. The van der Waals surface area contributed by atoms with E-state index in [1.54, 1.807) is 11.8 Å². The second-order valence-corrected chi connectivity index (χ2v) is 8.89. The van der Waals surface area contributed by atoms with Gasteiger partial charge in [0.05, 0.1) is 5.56 Å². The summed E-state index contributed by atoms with van der Waals surface area (Å²) in [4.78, 5) is 40.6. The van der Waals surface area contributed by atoms with Gasteiger partial charge in [-0.2, -0.15) is 0 Å². The summed E-state index contributed by atoms with van der Waals surface area (Å²) in [6.07, 6.45) is 1.65. The monoisotopic (exact) mass is 412 g/mol. The number of nitrogens with zero attached hydrogens (tertiary/aromatic N) is 1. The standard InChI is InChI=1S/C22H24N2O4S/c1-12-14(3)29-20(23-19(25)16-8-9-16)18(12)22(27)28-13(2)21(26)24-11-10-15-6-4-5-7-17(15)24/h4-7,13,16H,8-11H2,1-3H3,(H,23,25)/t13-/m0/s1. The number of hydrogen-bond donors (Lipinski definition) is 1. The first-order valence-corrected chi connectivity index (χ1v) is 10.7. The Hall–Kier alpha value is -2.67. The Morgan fingerprint density at radius 3 is 2.66 bits per heavy atom. The minimum atomic E-state index is -0.916. The fourth-order valence-corrected chi connectivity index (χ4v) is 4.63. The third-order valence-corrected chi connectivity index (χ3v) is 6.68. The van der Waals surface area contributed by atoms with Gasteiger partial charge < -0.3 is 15.0 Å². The van der Waals surface area contributed by atoms with Crippen molar-refractivity contribution in [1.29, 1.82) is 0 Å². The first-order valence-electron chi connectivity index (χ1n) is 9.88. The van der Waals surface area contributed by atoms with Gasteiger partial charge in [-0.25, -0.2) is 4.79 Å². The van der Waals surface area contributed by atoms with Crippen molar-refractivity contribution in [2.75, 3.05) is 16.8 Å². The summed E-state index contributed by atoms with van der Waals surface area (Å²) < 4.78 is 5.54. The molecule has 7 heteroatoms. The average molecular weight is 413 g/mol. The van der Waals surface area contributed by atoms with Crippen molar-refractivity contribution in [2.45, 2.75) is 46.1 Å². The number of fused-ring (bicyclic) bond motifs is 1. The summed E-state index contributed by atoms with van der Waals surface area (Å²) in [6, 6.07) is 7.76. The van der Waals surface area contributed by atoms with Crippen LogP contribution in [0.1, 0.15) is 46.1 Å². The Balaban J connectivity index is 1.49. The molecule has 152 valence electrons. The normalized spacial score (nSPS) is 16.3. The van der Waals surface area contributed by atoms with Crippen LogP contribution >= 0.6 is 11.3 Å². The van der Waals surface area contributed by atoms with Gasteiger partial charge in [-0.05, 0) is 57.2 Å². The van der Waals surface area contributed by atoms with Crippen LogP contribution in [0.4, 0.5) is 10.7 Å². The van der Waals surface area contributed by atoms with Crippen LogP contribution in [-0.4, -0.2) is 30.4 Å². The fourth-order valence-electron chi connectivity index (χ4n) is 3.58. The fraction of sp³-hybridized carbons (Fsp3) is 0.409. The number of thiophene rings is 1. The van der Waals surface area contributed by atoms with E-state index in [9.17, 15) is 14.4 Å². The minimum Gasteiger partial charge on any atom is -0.449 e. The lowest BCUT2D eigenvalue weighted by molar-refractivity contribution is -0.126. The molecule has 6 nitrogen and oxygen atoms in total. The van der Waals surface area contributed by atoms with Crippen molar-refractivity contribution in [3.05, 3.63) is 45.8 Å². The van der Waals surface area contributed by atoms with Gasteiger partial charge in [-0.3, -0.25) is 9.59 Å². The number of anilines is 2. The van der Waals surface area contributed by atoms with E-state index in [1.165, 1.54) is 11.3 Å². The highest BCUT2D eigenvalue weighted by molar-refractivity contribution is 7.16. The number of aryl methyl sites for hydroxylation is 1. The smallest absolute Gasteiger partial charge is 0.342 e. The zero-order valence-electron chi connectivity index (χ0n) is 16.8. The lowest BCUT2D eigenvalue weighted by Gasteiger charge is -2.22. The summed E-state index contributed by atoms with van der Waals surface area (Å²) in [5.74, 6) is -0.835. The zero-order valence-corrected chi connectivity index (χ0v) is 17.6. The molecule has 2 aromatic rings. The number of carbonyl (C=O) groups excluding carboxylic acids is 3. The van der Waals surface area contributed by atoms with E-state index in [0.29, 0.717) is 17.1 Å². The number of para-hydroxylation sites is 1. The van der Waals surface area contributed by atoms with Crippen LogP contribution in [0.15, 0.2) is 24.3 Å². The van der Waals surface area contributed by atoms with Gasteiger partial charge in [0.15, 0.2) is 6.10 Å². The Morgan fingerprint density at radius 1 is 1.21 bits per heavy atom. The number of nitrogens with one attached hydrogen (secondary N) is 1. The van der Waals surface area contributed by atoms with Gasteiger partial charge in [0.2, 0.25) is 5.91 Å². The molecule has 1 fully saturated rings. The number of benzene rings is 1. The van der Waals surface area contributed by atoms with Crippen LogP contribution in [-0.2, 0) is 20.7 Å². The maximum atomic E-state index is 12.9. The average Bonchev–Trinajstić information content (AvgIpc) is 3.40. The molecule has 1 aromatic carbocycles. The number of ether oxygens (including phenoxy) is 1. The molecule has 0 unspecified atom stereocenters. The third-order valence-electron chi connectivity index (χ3n) is 5.56. The lowest BCUT2D eigenvalue weighted by Crippen LogP contribution is -2.39. The Kier molecular flexibility index (Phi) is 5.17. The second-order valence-electron chi connectivity index (χ2n) is 7.67. The number of esters is 1. The molecule has 1 saturated carbocycles. The lowest BCUT2D eigenvalue weighted by atomic mass is 10.1. The van der Waals surface area contributed by atoms with E-state index in [2.05, 4.69) is 5.32 Å². The van der Waals surface area contributed by atoms with Gasteiger partial charge in [0, 0.05) is 23.0 Å². The van der Waals surface area contributed by atoms with Gasteiger partial charge in [0.25, 0.3) is 5.91 Å². The summed E-state index contributed by atoms with van der Waals surface area (Å²) in [6.45, 7) is 5.91. The summed E-state index contributed by atoms with van der Waals surface area (Å²) in [5.41, 5.74) is 3.12. The van der Waals surface area contributed by atoms with E-state index in [-0.39, 0.29) is 17.7 Å². The van der Waals surface area contributed by atoms with Crippen LogP contribution in [0.5, 0.6) is 0 Å². The molecule has 0 bridgehead atoms. The molecular weight excluding hydrogens is 388 g/mol. The van der Waals surface area contributed by atoms with Gasteiger partial charge in [-0.1, -0.05) is 18.2 Å². The molecule has 1 aromatic heterocycles. The molecule has 4 rings (SSSR count). The van der Waals surface area contributed by atoms with Gasteiger partial charge in [0.1, 0.15) is 5.00 Å². The highest BCUT2D eigenvalue weighted by atomic mass is 32.1. The van der Waals surface area contributed by atoms with E-state index in [0.717, 1.165) is 41.0 Å². The van der Waals surface area contributed by atoms with E-state index in [1.807, 2.05) is 38.1 Å². The Bertz CT molecular complexity index is 993. The van der Waals surface area contributed by atoms with Crippen LogP contribution in [0, 0.1) is 19.8 Å². The summed E-state index contributed by atoms with van der Waals surface area (Å²) >= 11 is 1.37. The van der Waals surface area contributed by atoms with Gasteiger partial charge >= 0.3 is 5.97 Å². The molecule has 1 atom stereocenters. The van der Waals surface area contributed by atoms with Crippen molar-refractivity contribution in [2.24, 2.45) is 5.92 Å². The van der Waals surface area contributed by atoms with Crippen molar-refractivity contribution < 1.29 is 19.1 Å². The van der Waals surface area contributed by atoms with Crippen molar-refractivity contribution in [3.63, 3.8) is 0 Å². The van der Waals surface area contributed by atoms with Crippen molar-refractivity contribution >= 4 is 39.8 Å². The highest BCUT2D eigenvalue weighted by Crippen LogP contribution is 2.36. The van der Waals surface area contributed by atoms with Crippen LogP contribution in [0.3, 0.4) is 0 Å². The van der Waals surface area contributed by atoms with Crippen LogP contribution < -0.4 is 10.2 Å². The minimum absolute atomic E-state index is 0.0392. The highest BCUT2D eigenvalue weighted by Gasteiger charge is 2.34. The maximum Gasteiger partial charge on any atom is 0.342 e. The molecule has 0 radical (unpaired) electrons. The SMILES string of the molecule is Cc1sc(NC(=O)C2CC2)c(C(=O)O[C@@H](C)C(=O)N2CCc3ccccc32)c1C. The quantitative estimate of drug-likeness (QED) is 0.757. The Morgan fingerprint density at radius 2 is 1.93 bits per heavy atom. The molecule has 0 spiro atoms. The topological polar surface area (TPSA) is 75.7 Å². The third kappa shape index (κ3) is 3.79. The molecule has 2 heterocycles.